The molecule has 0 aromatic heterocycles. The zero-order valence-electron chi connectivity index (χ0n) is 5.66. The highest BCUT2D eigenvalue weighted by molar-refractivity contribution is 14.1. The first-order valence-corrected chi connectivity index (χ1v) is 4.89. The van der Waals surface area contributed by atoms with E-state index in [4.69, 9.17) is 9.84 Å². The molecule has 0 saturated carbocycles. The third-order valence-corrected chi connectivity index (χ3v) is 1.87. The number of aliphatic hydroxyl groups excluding tert-OH is 1. The lowest BCUT2D eigenvalue weighted by Gasteiger charge is -2.08. The maximum Gasteiger partial charge on any atom is 0.0784 e. The summed E-state index contributed by atoms with van der Waals surface area (Å²) in [5.41, 5.74) is 0. The number of halogens is 1. The molecule has 1 N–H and O–H groups in total. The Morgan fingerprint density at radius 1 is 1.60 bits per heavy atom. The fraction of sp³-hybridized carbons (Fsp3) is 0.714. The van der Waals surface area contributed by atoms with E-state index in [1.165, 1.54) is 0 Å². The van der Waals surface area contributed by atoms with Gasteiger partial charge in [0, 0.05) is 10.8 Å². The van der Waals surface area contributed by atoms with Crippen LogP contribution in [0.1, 0.15) is 6.42 Å². The van der Waals surface area contributed by atoms with Crippen LogP contribution in [0.2, 0.25) is 0 Å². The summed E-state index contributed by atoms with van der Waals surface area (Å²) in [4.78, 5) is 0. The molecule has 2 atom stereocenters. The van der Waals surface area contributed by atoms with Gasteiger partial charge in [-0.15, -0.1) is 0 Å². The Morgan fingerprint density at radius 2 is 2.40 bits per heavy atom. The lowest BCUT2D eigenvalue weighted by molar-refractivity contribution is 0.0755. The van der Waals surface area contributed by atoms with E-state index in [1.54, 1.807) is 6.08 Å². The van der Waals surface area contributed by atoms with Crippen LogP contribution in [0, 0.1) is 0 Å². The SMILES string of the molecule is OC1C=C[C@@H](OCCI)C1. The van der Waals surface area contributed by atoms with Crippen LogP contribution in [-0.2, 0) is 4.74 Å². The van der Waals surface area contributed by atoms with Gasteiger partial charge in [-0.2, -0.15) is 0 Å². The molecule has 0 spiro atoms. The van der Waals surface area contributed by atoms with Gasteiger partial charge in [-0.25, -0.2) is 0 Å². The predicted molar refractivity (Wildman–Crippen MR) is 48.4 cm³/mol. The van der Waals surface area contributed by atoms with E-state index in [-0.39, 0.29) is 12.2 Å². The number of alkyl halides is 1. The molecule has 0 amide bonds. The fourth-order valence-electron chi connectivity index (χ4n) is 0.967. The zero-order chi connectivity index (χ0) is 7.40. The Kier molecular flexibility index (Phi) is 3.65. The Bertz CT molecular complexity index is 125. The van der Waals surface area contributed by atoms with Gasteiger partial charge in [-0.3, -0.25) is 0 Å². The lowest BCUT2D eigenvalue weighted by Crippen LogP contribution is -2.12. The van der Waals surface area contributed by atoms with E-state index < -0.39 is 0 Å². The second-order valence-corrected chi connectivity index (χ2v) is 3.36. The van der Waals surface area contributed by atoms with Crippen molar-refractivity contribution >= 4 is 22.6 Å². The number of hydrogen-bond acceptors (Lipinski definition) is 2. The molecule has 1 aliphatic carbocycles. The molecule has 0 aliphatic heterocycles. The van der Waals surface area contributed by atoms with Crippen LogP contribution < -0.4 is 0 Å². The summed E-state index contributed by atoms with van der Waals surface area (Å²) < 4.78 is 6.38. The summed E-state index contributed by atoms with van der Waals surface area (Å²) in [7, 11) is 0. The van der Waals surface area contributed by atoms with Crippen LogP contribution in [0.4, 0.5) is 0 Å². The predicted octanol–water partition coefficient (Wildman–Crippen LogP) is 1.13. The van der Waals surface area contributed by atoms with Crippen molar-refractivity contribution in [1.82, 2.24) is 0 Å². The van der Waals surface area contributed by atoms with Gasteiger partial charge in [0.1, 0.15) is 0 Å². The normalized spacial score (nSPS) is 31.4. The summed E-state index contributed by atoms with van der Waals surface area (Å²) in [6.07, 6.45) is 4.33. The van der Waals surface area contributed by atoms with Crippen LogP contribution in [0.3, 0.4) is 0 Å². The standard InChI is InChI=1S/C7H11IO2/c8-3-4-10-7-2-1-6(9)5-7/h1-2,6-7,9H,3-5H2/t6?,7-/m1/s1. The van der Waals surface area contributed by atoms with E-state index in [0.717, 1.165) is 17.5 Å². The van der Waals surface area contributed by atoms with Gasteiger partial charge in [0.15, 0.2) is 0 Å². The third-order valence-electron chi connectivity index (χ3n) is 1.43. The van der Waals surface area contributed by atoms with Crippen molar-refractivity contribution in [3.8, 4) is 0 Å². The van der Waals surface area contributed by atoms with Crippen molar-refractivity contribution in [2.75, 3.05) is 11.0 Å². The Hall–Kier alpha value is 0.390. The molecule has 1 unspecified atom stereocenters. The molecule has 0 saturated heterocycles. The van der Waals surface area contributed by atoms with Gasteiger partial charge >= 0.3 is 0 Å². The van der Waals surface area contributed by atoms with Crippen LogP contribution in [0.25, 0.3) is 0 Å². The second-order valence-electron chi connectivity index (χ2n) is 2.29. The fourth-order valence-corrected chi connectivity index (χ4v) is 1.22. The quantitative estimate of drug-likeness (QED) is 0.464. The van der Waals surface area contributed by atoms with Crippen LogP contribution in [0.5, 0.6) is 0 Å². The van der Waals surface area contributed by atoms with Gasteiger partial charge in [0.25, 0.3) is 0 Å². The average Bonchev–Trinajstić information content (AvgIpc) is 2.31. The Morgan fingerprint density at radius 3 is 2.90 bits per heavy atom. The smallest absolute Gasteiger partial charge is 0.0784 e. The first-order chi connectivity index (χ1) is 4.83. The van der Waals surface area contributed by atoms with Crippen molar-refractivity contribution in [2.24, 2.45) is 0 Å². The molecule has 10 heavy (non-hydrogen) atoms. The molecular formula is C7H11IO2. The number of ether oxygens (including phenoxy) is 1. The minimum atomic E-state index is -0.279. The maximum absolute atomic E-state index is 9.03. The summed E-state index contributed by atoms with van der Waals surface area (Å²) in [6.45, 7) is 0.780. The van der Waals surface area contributed by atoms with Crippen LogP contribution in [0.15, 0.2) is 12.2 Å². The topological polar surface area (TPSA) is 29.5 Å². The number of aliphatic hydroxyl groups is 1. The van der Waals surface area contributed by atoms with E-state index in [2.05, 4.69) is 22.6 Å². The molecule has 1 rings (SSSR count). The van der Waals surface area contributed by atoms with Crippen LogP contribution in [-0.4, -0.2) is 28.3 Å². The summed E-state index contributed by atoms with van der Waals surface area (Å²) in [5.74, 6) is 0. The highest BCUT2D eigenvalue weighted by Crippen LogP contribution is 2.13. The van der Waals surface area contributed by atoms with Gasteiger partial charge in [-0.05, 0) is 0 Å². The van der Waals surface area contributed by atoms with Crippen molar-refractivity contribution in [3.05, 3.63) is 12.2 Å². The van der Waals surface area contributed by atoms with E-state index >= 15 is 0 Å². The van der Waals surface area contributed by atoms with Gasteiger partial charge in [0.2, 0.25) is 0 Å². The molecule has 0 bridgehead atoms. The monoisotopic (exact) mass is 254 g/mol. The van der Waals surface area contributed by atoms with Crippen molar-refractivity contribution in [3.63, 3.8) is 0 Å². The van der Waals surface area contributed by atoms with E-state index in [1.807, 2.05) is 6.08 Å². The summed E-state index contributed by atoms with van der Waals surface area (Å²) in [6, 6.07) is 0. The van der Waals surface area contributed by atoms with Gasteiger partial charge < -0.3 is 9.84 Å². The highest BCUT2D eigenvalue weighted by atomic mass is 127. The molecular weight excluding hydrogens is 243 g/mol. The first-order valence-electron chi connectivity index (χ1n) is 3.37. The molecule has 0 fully saturated rings. The average molecular weight is 254 g/mol. The lowest BCUT2D eigenvalue weighted by atomic mass is 10.3. The summed E-state index contributed by atoms with van der Waals surface area (Å²) in [5, 5.41) is 9.03. The second kappa shape index (κ2) is 4.31. The molecule has 1 aliphatic rings. The largest absolute Gasteiger partial charge is 0.389 e. The number of rotatable bonds is 3. The Labute approximate surface area is 74.4 Å². The van der Waals surface area contributed by atoms with Gasteiger partial charge in [0.05, 0.1) is 18.8 Å². The highest BCUT2D eigenvalue weighted by Gasteiger charge is 2.15. The molecule has 0 radical (unpaired) electrons. The maximum atomic E-state index is 9.03. The van der Waals surface area contributed by atoms with Gasteiger partial charge in [-0.1, -0.05) is 34.7 Å². The minimum Gasteiger partial charge on any atom is -0.389 e. The molecule has 0 heterocycles. The molecule has 3 heteroatoms. The third kappa shape index (κ3) is 2.56. The molecule has 58 valence electrons. The zero-order valence-corrected chi connectivity index (χ0v) is 7.82. The van der Waals surface area contributed by atoms with Crippen molar-refractivity contribution < 1.29 is 9.84 Å². The molecule has 0 aromatic carbocycles. The number of hydrogen-bond donors (Lipinski definition) is 1. The van der Waals surface area contributed by atoms with Crippen molar-refractivity contribution in [2.45, 2.75) is 18.6 Å². The molecule has 0 aromatic rings. The van der Waals surface area contributed by atoms with E-state index in [9.17, 15) is 0 Å². The Balaban J connectivity index is 2.14. The first kappa shape index (κ1) is 8.49. The minimum absolute atomic E-state index is 0.157. The summed E-state index contributed by atoms with van der Waals surface area (Å²) >= 11 is 2.27. The molecule has 2 nitrogen and oxygen atoms in total. The van der Waals surface area contributed by atoms with E-state index in [0.29, 0.717) is 0 Å². The van der Waals surface area contributed by atoms with Crippen LogP contribution >= 0.6 is 22.6 Å². The van der Waals surface area contributed by atoms with Crippen molar-refractivity contribution in [1.29, 1.82) is 0 Å².